The number of nitrogens with zero attached hydrogens (tertiary/aromatic N) is 1. The molecule has 0 saturated carbocycles. The standard InChI is InChI=1S/C32H32ClN3O6S2/c1-21-8-5-6-13-26(21)35-27(37)19-42-29-28(33)30(43-31(29)32(38)39)23-11-7-12-25(18-23)36(24-14-16-34-17-15-24)44(40,41)20-22-9-3-2-4-10-22/h2-13,18,24,34H,14-17,19-20H2,1H3,(H,35,37)(H,38,39). The van der Waals surface area contributed by atoms with Crippen LogP contribution < -0.4 is 19.7 Å². The Morgan fingerprint density at radius 2 is 1.75 bits per heavy atom. The lowest BCUT2D eigenvalue weighted by molar-refractivity contribution is -0.118. The molecule has 0 unspecified atom stereocenters. The highest BCUT2D eigenvalue weighted by molar-refractivity contribution is 7.92. The first-order valence-corrected chi connectivity index (χ1v) is 16.9. The number of nitrogens with one attached hydrogen (secondary N) is 2. The van der Waals surface area contributed by atoms with Crippen LogP contribution in [0.15, 0.2) is 78.9 Å². The van der Waals surface area contributed by atoms with E-state index in [9.17, 15) is 23.1 Å². The topological polar surface area (TPSA) is 125 Å². The van der Waals surface area contributed by atoms with E-state index < -0.39 is 28.5 Å². The number of sulfonamides is 1. The SMILES string of the molecule is Cc1ccccc1NC(=O)COc1c(C(=O)O)sc(-c2cccc(N(C3CCNCC3)S(=O)(=O)Cc3ccccc3)c2)c1Cl. The number of aryl methyl sites for hydroxylation is 1. The summed E-state index contributed by atoms with van der Waals surface area (Å²) in [6, 6.07) is 23.0. The van der Waals surface area contributed by atoms with Gasteiger partial charge in [-0.2, -0.15) is 0 Å². The molecule has 230 valence electrons. The van der Waals surface area contributed by atoms with Crippen molar-refractivity contribution in [2.75, 3.05) is 29.3 Å². The Morgan fingerprint density at radius 1 is 1.05 bits per heavy atom. The second kappa shape index (κ2) is 13.8. The first-order chi connectivity index (χ1) is 21.1. The van der Waals surface area contributed by atoms with Crippen molar-refractivity contribution in [2.45, 2.75) is 31.6 Å². The average Bonchev–Trinajstić information content (AvgIpc) is 3.34. The molecule has 44 heavy (non-hydrogen) atoms. The van der Waals surface area contributed by atoms with Crippen molar-refractivity contribution in [1.82, 2.24) is 5.32 Å². The molecular weight excluding hydrogens is 622 g/mol. The predicted molar refractivity (Wildman–Crippen MR) is 174 cm³/mol. The molecule has 1 aliphatic rings. The van der Waals surface area contributed by atoms with Crippen LogP contribution in [0, 0.1) is 6.92 Å². The molecule has 1 aliphatic heterocycles. The molecule has 12 heteroatoms. The van der Waals surface area contributed by atoms with Gasteiger partial charge in [0.2, 0.25) is 10.0 Å². The van der Waals surface area contributed by atoms with E-state index >= 15 is 0 Å². The highest BCUT2D eigenvalue weighted by atomic mass is 35.5. The third-order valence-electron chi connectivity index (χ3n) is 7.26. The van der Waals surface area contributed by atoms with Crippen LogP contribution in [0.1, 0.15) is 33.6 Å². The number of carboxylic acids is 1. The van der Waals surface area contributed by atoms with Gasteiger partial charge in [0.05, 0.1) is 16.3 Å². The van der Waals surface area contributed by atoms with E-state index in [1.165, 1.54) is 4.31 Å². The zero-order valence-electron chi connectivity index (χ0n) is 24.0. The monoisotopic (exact) mass is 653 g/mol. The van der Waals surface area contributed by atoms with Crippen LogP contribution in [-0.4, -0.2) is 51.1 Å². The summed E-state index contributed by atoms with van der Waals surface area (Å²) in [5.74, 6) is -2.00. The van der Waals surface area contributed by atoms with E-state index in [4.69, 9.17) is 16.3 Å². The van der Waals surface area contributed by atoms with Gasteiger partial charge in [-0.15, -0.1) is 11.3 Å². The Hall–Kier alpha value is -3.90. The number of piperidine rings is 1. The van der Waals surface area contributed by atoms with E-state index in [0.29, 0.717) is 53.3 Å². The molecule has 3 N–H and O–H groups in total. The summed E-state index contributed by atoms with van der Waals surface area (Å²) < 4.78 is 35.0. The van der Waals surface area contributed by atoms with E-state index in [0.717, 1.165) is 16.9 Å². The normalized spacial score (nSPS) is 13.8. The Balaban J connectivity index is 1.45. The van der Waals surface area contributed by atoms with Gasteiger partial charge in [0.1, 0.15) is 5.02 Å². The average molecular weight is 654 g/mol. The van der Waals surface area contributed by atoms with Crippen LogP contribution in [0.3, 0.4) is 0 Å². The molecule has 1 aromatic heterocycles. The number of hydrogen-bond donors (Lipinski definition) is 3. The van der Waals surface area contributed by atoms with Crippen molar-refractivity contribution >= 4 is 56.2 Å². The smallest absolute Gasteiger partial charge is 0.349 e. The fourth-order valence-electron chi connectivity index (χ4n) is 5.17. The fraction of sp³-hybridized carbons (Fsp3) is 0.250. The summed E-state index contributed by atoms with van der Waals surface area (Å²) >= 11 is 7.61. The Morgan fingerprint density at radius 3 is 2.45 bits per heavy atom. The van der Waals surface area contributed by atoms with Crippen LogP contribution in [0.2, 0.25) is 5.02 Å². The van der Waals surface area contributed by atoms with Gasteiger partial charge in [-0.1, -0.05) is 72.3 Å². The van der Waals surface area contributed by atoms with Crippen LogP contribution in [0.25, 0.3) is 10.4 Å². The minimum absolute atomic E-state index is 0.0359. The quantitative estimate of drug-likeness (QED) is 0.177. The third kappa shape index (κ3) is 7.24. The lowest BCUT2D eigenvalue weighted by Crippen LogP contribution is -2.46. The minimum atomic E-state index is -3.79. The fourth-order valence-corrected chi connectivity index (χ4v) is 8.42. The summed E-state index contributed by atoms with van der Waals surface area (Å²) in [4.78, 5) is 25.0. The number of rotatable bonds is 11. The van der Waals surface area contributed by atoms with E-state index in [1.807, 2.05) is 37.3 Å². The summed E-state index contributed by atoms with van der Waals surface area (Å²) in [6.45, 7) is 2.79. The maximum absolute atomic E-state index is 13.9. The number of benzene rings is 3. The van der Waals surface area contributed by atoms with Crippen molar-refractivity contribution in [2.24, 2.45) is 0 Å². The first-order valence-electron chi connectivity index (χ1n) is 14.0. The van der Waals surface area contributed by atoms with Gasteiger partial charge in [-0.05, 0) is 67.7 Å². The van der Waals surface area contributed by atoms with Gasteiger partial charge in [0, 0.05) is 11.7 Å². The number of thiophene rings is 1. The predicted octanol–water partition coefficient (Wildman–Crippen LogP) is 6.18. The van der Waals surface area contributed by atoms with Crippen LogP contribution in [-0.2, 0) is 20.6 Å². The summed E-state index contributed by atoms with van der Waals surface area (Å²) in [6.07, 6.45) is 1.29. The molecule has 9 nitrogen and oxygen atoms in total. The summed E-state index contributed by atoms with van der Waals surface area (Å²) in [7, 11) is -3.79. The molecule has 1 fully saturated rings. The number of ether oxygens (including phenoxy) is 1. The van der Waals surface area contributed by atoms with Crippen LogP contribution in [0.5, 0.6) is 5.75 Å². The van der Waals surface area contributed by atoms with Crippen LogP contribution in [0.4, 0.5) is 11.4 Å². The van der Waals surface area contributed by atoms with Crippen molar-refractivity contribution < 1.29 is 27.9 Å². The lowest BCUT2D eigenvalue weighted by atomic mass is 10.1. The molecule has 0 spiro atoms. The molecular formula is C32H32ClN3O6S2. The first kappa shape index (κ1) is 31.5. The molecule has 3 aromatic carbocycles. The van der Waals surface area contributed by atoms with Gasteiger partial charge in [0.15, 0.2) is 17.2 Å². The number of carbonyl (C=O) groups is 2. The van der Waals surface area contributed by atoms with Gasteiger partial charge < -0.3 is 20.5 Å². The molecule has 1 amide bonds. The van der Waals surface area contributed by atoms with E-state index in [-0.39, 0.29) is 27.4 Å². The van der Waals surface area contributed by atoms with Crippen molar-refractivity contribution in [3.63, 3.8) is 0 Å². The second-order valence-electron chi connectivity index (χ2n) is 10.4. The number of halogens is 1. The Bertz CT molecular complexity index is 1750. The summed E-state index contributed by atoms with van der Waals surface area (Å²) in [5.41, 5.74) is 3.17. The van der Waals surface area contributed by atoms with Crippen LogP contribution >= 0.6 is 22.9 Å². The molecule has 0 bridgehead atoms. The van der Waals surface area contributed by atoms with Gasteiger partial charge >= 0.3 is 5.97 Å². The number of carboxylic acid groups (broad SMARTS) is 1. The van der Waals surface area contributed by atoms with Crippen molar-refractivity contribution in [1.29, 1.82) is 0 Å². The summed E-state index contributed by atoms with van der Waals surface area (Å²) in [5, 5.41) is 16.0. The lowest BCUT2D eigenvalue weighted by Gasteiger charge is -2.35. The highest BCUT2D eigenvalue weighted by Crippen LogP contribution is 2.46. The highest BCUT2D eigenvalue weighted by Gasteiger charge is 2.32. The maximum Gasteiger partial charge on any atom is 0.349 e. The zero-order valence-corrected chi connectivity index (χ0v) is 26.3. The largest absolute Gasteiger partial charge is 0.480 e. The van der Waals surface area contributed by atoms with Crippen molar-refractivity contribution in [3.8, 4) is 16.2 Å². The number of amides is 1. The number of anilines is 2. The molecule has 0 atom stereocenters. The molecule has 0 radical (unpaired) electrons. The molecule has 1 saturated heterocycles. The molecule has 2 heterocycles. The molecule has 4 aromatic rings. The van der Waals surface area contributed by atoms with E-state index in [1.54, 1.807) is 48.5 Å². The Kier molecular flexibility index (Phi) is 9.90. The van der Waals surface area contributed by atoms with Gasteiger partial charge in [-0.25, -0.2) is 13.2 Å². The number of hydrogen-bond acceptors (Lipinski definition) is 7. The van der Waals surface area contributed by atoms with Gasteiger partial charge in [0.25, 0.3) is 5.91 Å². The van der Waals surface area contributed by atoms with E-state index in [2.05, 4.69) is 10.6 Å². The number of aromatic carboxylic acids is 1. The van der Waals surface area contributed by atoms with Gasteiger partial charge in [-0.3, -0.25) is 9.10 Å². The third-order valence-corrected chi connectivity index (χ3v) is 10.8. The zero-order chi connectivity index (χ0) is 31.3. The van der Waals surface area contributed by atoms with Crippen molar-refractivity contribution in [3.05, 3.63) is 99.9 Å². The second-order valence-corrected chi connectivity index (χ2v) is 13.7. The number of para-hydroxylation sites is 1. The maximum atomic E-state index is 13.9. The number of carbonyl (C=O) groups excluding carboxylic acids is 1. The molecule has 5 rings (SSSR count). The molecule has 0 aliphatic carbocycles. The minimum Gasteiger partial charge on any atom is -0.480 e. The Labute approximate surface area is 265 Å².